The van der Waals surface area contributed by atoms with Crippen LogP contribution in [-0.4, -0.2) is 35.6 Å². The van der Waals surface area contributed by atoms with Crippen molar-refractivity contribution in [3.63, 3.8) is 0 Å². The predicted octanol–water partition coefficient (Wildman–Crippen LogP) is 3.71. The van der Waals surface area contributed by atoms with E-state index in [0.29, 0.717) is 12.2 Å². The van der Waals surface area contributed by atoms with Crippen molar-refractivity contribution in [1.29, 1.82) is 0 Å². The molecule has 30 heavy (non-hydrogen) atoms. The van der Waals surface area contributed by atoms with E-state index in [1.165, 1.54) is 0 Å². The summed E-state index contributed by atoms with van der Waals surface area (Å²) in [6.45, 7) is 1.84. The Balaban J connectivity index is 1.55. The average Bonchev–Trinajstić information content (AvgIpc) is 3.28. The van der Waals surface area contributed by atoms with Crippen molar-refractivity contribution >= 4 is 21.6 Å². The van der Waals surface area contributed by atoms with Crippen LogP contribution in [0.15, 0.2) is 66.7 Å². The Bertz CT molecular complexity index is 1090. The molecule has 6 nitrogen and oxygen atoms in total. The highest BCUT2D eigenvalue weighted by Crippen LogP contribution is 2.30. The lowest BCUT2D eigenvalue weighted by atomic mass is 9.88. The van der Waals surface area contributed by atoms with Crippen LogP contribution in [0.2, 0.25) is 0 Å². The van der Waals surface area contributed by atoms with Gasteiger partial charge in [0.25, 0.3) is 0 Å². The molecular weight excluding hydrogens is 398 g/mol. The minimum absolute atomic E-state index is 0.0631. The maximum absolute atomic E-state index is 13.0. The van der Waals surface area contributed by atoms with E-state index in [-0.39, 0.29) is 35.8 Å². The van der Waals surface area contributed by atoms with Crippen molar-refractivity contribution in [3.05, 3.63) is 83.6 Å². The topological polar surface area (TPSA) is 81.1 Å². The summed E-state index contributed by atoms with van der Waals surface area (Å²) < 4.78 is 25.4. The van der Waals surface area contributed by atoms with Crippen molar-refractivity contribution in [3.8, 4) is 0 Å². The molecule has 0 radical (unpaired) electrons. The molecule has 0 spiro atoms. The molecule has 0 bridgehead atoms. The number of nitrogens with zero attached hydrogens (tertiary/aromatic N) is 2. The molecule has 7 heteroatoms. The van der Waals surface area contributed by atoms with E-state index in [1.54, 1.807) is 10.7 Å². The Morgan fingerprint density at radius 1 is 1.10 bits per heavy atom. The first-order valence-electron chi connectivity index (χ1n) is 10.1. The monoisotopic (exact) mass is 423 g/mol. The van der Waals surface area contributed by atoms with E-state index in [9.17, 15) is 13.2 Å². The number of hydrogen-bond acceptors (Lipinski definition) is 4. The zero-order chi connectivity index (χ0) is 21.1. The normalized spacial score (nSPS) is 17.9. The van der Waals surface area contributed by atoms with Crippen molar-refractivity contribution in [2.24, 2.45) is 0 Å². The Morgan fingerprint density at radius 3 is 2.23 bits per heavy atom. The number of carbonyl (C=O) groups excluding carboxylic acids is 1. The van der Waals surface area contributed by atoms with E-state index in [4.69, 9.17) is 0 Å². The van der Waals surface area contributed by atoms with E-state index in [1.807, 2.05) is 67.6 Å². The molecule has 2 aromatic carbocycles. The fourth-order valence-electron chi connectivity index (χ4n) is 4.03. The minimum atomic E-state index is -3.04. The second kappa shape index (κ2) is 8.44. The number of rotatable bonds is 6. The first-order chi connectivity index (χ1) is 14.4. The van der Waals surface area contributed by atoms with Gasteiger partial charge in [0.15, 0.2) is 9.84 Å². The zero-order valence-corrected chi connectivity index (χ0v) is 17.7. The first-order valence-corrected chi connectivity index (χ1v) is 11.9. The summed E-state index contributed by atoms with van der Waals surface area (Å²) >= 11 is 0. The van der Waals surface area contributed by atoms with Crippen LogP contribution in [0, 0.1) is 6.92 Å². The van der Waals surface area contributed by atoms with Gasteiger partial charge in [-0.1, -0.05) is 60.7 Å². The van der Waals surface area contributed by atoms with Crippen molar-refractivity contribution in [1.82, 2.24) is 9.78 Å². The molecule has 1 aliphatic heterocycles. The second-order valence-electron chi connectivity index (χ2n) is 7.80. The van der Waals surface area contributed by atoms with Gasteiger partial charge in [0, 0.05) is 18.4 Å². The van der Waals surface area contributed by atoms with Gasteiger partial charge in [0.1, 0.15) is 5.82 Å². The first kappa shape index (κ1) is 20.3. The zero-order valence-electron chi connectivity index (χ0n) is 16.9. The van der Waals surface area contributed by atoms with Crippen LogP contribution < -0.4 is 5.32 Å². The van der Waals surface area contributed by atoms with Gasteiger partial charge in [-0.3, -0.25) is 4.79 Å². The molecule has 0 unspecified atom stereocenters. The van der Waals surface area contributed by atoms with Gasteiger partial charge in [-0.05, 0) is 24.5 Å². The number of nitrogens with one attached hydrogen (secondary N) is 1. The highest BCUT2D eigenvalue weighted by atomic mass is 32.2. The fourth-order valence-corrected chi connectivity index (χ4v) is 5.73. The SMILES string of the molecule is Cc1cc(NC(=O)CC(c2ccccc2)c2ccccc2)n([C@@H]2CCS(=O)(=O)C2)n1. The molecule has 3 aromatic rings. The molecule has 1 atom stereocenters. The third kappa shape index (κ3) is 4.62. The lowest BCUT2D eigenvalue weighted by Gasteiger charge is -2.19. The Kier molecular flexibility index (Phi) is 5.72. The fraction of sp³-hybridized carbons (Fsp3) is 0.304. The van der Waals surface area contributed by atoms with E-state index in [2.05, 4.69) is 10.4 Å². The molecule has 2 heterocycles. The summed E-state index contributed by atoms with van der Waals surface area (Å²) in [5, 5.41) is 7.42. The Morgan fingerprint density at radius 2 is 1.70 bits per heavy atom. The molecule has 1 N–H and O–H groups in total. The number of sulfone groups is 1. The summed E-state index contributed by atoms with van der Waals surface area (Å²) in [6.07, 6.45) is 0.796. The third-order valence-electron chi connectivity index (χ3n) is 5.47. The third-order valence-corrected chi connectivity index (χ3v) is 7.22. The van der Waals surface area contributed by atoms with Crippen molar-refractivity contribution in [2.75, 3.05) is 16.8 Å². The standard InChI is InChI=1S/C23H25N3O3S/c1-17-14-22(26(25-17)20-12-13-30(28,29)16-20)24-23(27)15-21(18-8-4-2-5-9-18)19-10-6-3-7-11-19/h2-11,14,20-21H,12-13,15-16H2,1H3,(H,24,27)/t20-/m1/s1. The lowest BCUT2D eigenvalue weighted by molar-refractivity contribution is -0.116. The highest BCUT2D eigenvalue weighted by molar-refractivity contribution is 7.91. The van der Waals surface area contributed by atoms with Gasteiger partial charge >= 0.3 is 0 Å². The second-order valence-corrected chi connectivity index (χ2v) is 10.0. The molecule has 1 aliphatic rings. The number of benzene rings is 2. The molecule has 1 fully saturated rings. The Labute approximate surface area is 176 Å². The number of carbonyl (C=O) groups is 1. The summed E-state index contributed by atoms with van der Waals surface area (Å²) in [5.41, 5.74) is 2.90. The van der Waals surface area contributed by atoms with Crippen molar-refractivity contribution < 1.29 is 13.2 Å². The smallest absolute Gasteiger partial charge is 0.226 e. The summed E-state index contributed by atoms with van der Waals surface area (Å²) in [6, 6.07) is 21.5. The quantitative estimate of drug-likeness (QED) is 0.655. The molecule has 1 saturated heterocycles. The molecular formula is C23H25N3O3S. The predicted molar refractivity (Wildman–Crippen MR) is 117 cm³/mol. The maximum atomic E-state index is 13.0. The van der Waals surface area contributed by atoms with Crippen LogP contribution in [-0.2, 0) is 14.6 Å². The van der Waals surface area contributed by atoms with Crippen LogP contribution >= 0.6 is 0 Å². The van der Waals surface area contributed by atoms with E-state index < -0.39 is 9.84 Å². The largest absolute Gasteiger partial charge is 0.311 e. The molecule has 1 amide bonds. The number of aryl methyl sites for hydroxylation is 1. The summed E-state index contributed by atoms with van der Waals surface area (Å²) in [4.78, 5) is 13.0. The van der Waals surface area contributed by atoms with Gasteiger partial charge in [-0.2, -0.15) is 5.10 Å². The molecule has 0 aliphatic carbocycles. The summed E-state index contributed by atoms with van der Waals surface area (Å²) in [5.74, 6) is 0.577. The Hall–Kier alpha value is -2.93. The minimum Gasteiger partial charge on any atom is -0.311 e. The van der Waals surface area contributed by atoms with E-state index in [0.717, 1.165) is 16.8 Å². The van der Waals surface area contributed by atoms with Gasteiger partial charge in [0.2, 0.25) is 5.91 Å². The van der Waals surface area contributed by atoms with E-state index >= 15 is 0 Å². The van der Waals surface area contributed by atoms with Crippen LogP contribution in [0.5, 0.6) is 0 Å². The van der Waals surface area contributed by atoms with Crippen LogP contribution in [0.3, 0.4) is 0 Å². The van der Waals surface area contributed by atoms with Gasteiger partial charge in [0.05, 0.1) is 23.2 Å². The van der Waals surface area contributed by atoms with Gasteiger partial charge in [-0.15, -0.1) is 0 Å². The van der Waals surface area contributed by atoms with Crippen LogP contribution in [0.4, 0.5) is 5.82 Å². The number of amides is 1. The highest BCUT2D eigenvalue weighted by Gasteiger charge is 2.31. The lowest BCUT2D eigenvalue weighted by Crippen LogP contribution is -2.21. The molecule has 1 aromatic heterocycles. The average molecular weight is 424 g/mol. The van der Waals surface area contributed by atoms with Crippen LogP contribution in [0.25, 0.3) is 0 Å². The number of aromatic nitrogens is 2. The molecule has 4 rings (SSSR count). The number of hydrogen-bond donors (Lipinski definition) is 1. The maximum Gasteiger partial charge on any atom is 0.226 e. The number of anilines is 1. The van der Waals surface area contributed by atoms with Gasteiger partial charge < -0.3 is 5.32 Å². The molecule has 156 valence electrons. The van der Waals surface area contributed by atoms with Crippen molar-refractivity contribution in [2.45, 2.75) is 31.7 Å². The van der Waals surface area contributed by atoms with Crippen LogP contribution in [0.1, 0.15) is 41.6 Å². The summed E-state index contributed by atoms with van der Waals surface area (Å²) in [7, 11) is -3.04. The molecule has 0 saturated carbocycles. The van der Waals surface area contributed by atoms with Gasteiger partial charge in [-0.25, -0.2) is 13.1 Å².